The molecule has 0 bridgehead atoms. The predicted molar refractivity (Wildman–Crippen MR) is 85.3 cm³/mol. The number of rotatable bonds is 4. The minimum atomic E-state index is -0.0770. The Morgan fingerprint density at radius 3 is 2.42 bits per heavy atom. The van der Waals surface area contributed by atoms with E-state index in [4.69, 9.17) is 28.9 Å². The second-order valence-corrected chi connectivity index (χ2v) is 5.96. The highest BCUT2D eigenvalue weighted by Crippen LogP contribution is 2.29. The SMILES string of the molecule is CSc1ccc(C(N)Cc2cccc(Cl)c2Cl)cc1. The van der Waals surface area contributed by atoms with Crippen molar-refractivity contribution in [1.29, 1.82) is 0 Å². The molecule has 1 unspecified atom stereocenters. The van der Waals surface area contributed by atoms with Gasteiger partial charge in [0.1, 0.15) is 0 Å². The van der Waals surface area contributed by atoms with Gasteiger partial charge >= 0.3 is 0 Å². The van der Waals surface area contributed by atoms with Crippen molar-refractivity contribution in [3.63, 3.8) is 0 Å². The van der Waals surface area contributed by atoms with Gasteiger partial charge in [-0.2, -0.15) is 0 Å². The lowest BCUT2D eigenvalue weighted by molar-refractivity contribution is 0.721. The smallest absolute Gasteiger partial charge is 0.0624 e. The van der Waals surface area contributed by atoms with E-state index in [-0.39, 0.29) is 6.04 Å². The molecule has 19 heavy (non-hydrogen) atoms. The monoisotopic (exact) mass is 311 g/mol. The predicted octanol–water partition coefficient (Wildman–Crippen LogP) is 4.96. The fourth-order valence-electron chi connectivity index (χ4n) is 1.91. The quantitative estimate of drug-likeness (QED) is 0.808. The van der Waals surface area contributed by atoms with Crippen molar-refractivity contribution in [2.75, 3.05) is 6.26 Å². The van der Waals surface area contributed by atoms with Gasteiger partial charge in [0, 0.05) is 10.9 Å². The van der Waals surface area contributed by atoms with E-state index in [0.717, 1.165) is 11.1 Å². The third-order valence-corrected chi connectivity index (χ3v) is 4.62. The Balaban J connectivity index is 2.15. The summed E-state index contributed by atoms with van der Waals surface area (Å²) in [5, 5.41) is 1.17. The van der Waals surface area contributed by atoms with Gasteiger partial charge in [-0.05, 0) is 42.0 Å². The zero-order valence-electron chi connectivity index (χ0n) is 10.6. The fraction of sp³-hybridized carbons (Fsp3) is 0.200. The Bertz CT molecular complexity index is 555. The normalized spacial score (nSPS) is 12.4. The van der Waals surface area contributed by atoms with Crippen LogP contribution >= 0.6 is 35.0 Å². The molecule has 0 spiro atoms. The molecule has 0 aliphatic heterocycles. The lowest BCUT2D eigenvalue weighted by atomic mass is 10.00. The minimum Gasteiger partial charge on any atom is -0.324 e. The third-order valence-electron chi connectivity index (χ3n) is 3.02. The first-order chi connectivity index (χ1) is 9.11. The molecule has 100 valence electrons. The molecular weight excluding hydrogens is 297 g/mol. The van der Waals surface area contributed by atoms with E-state index in [1.807, 2.05) is 12.1 Å². The molecule has 2 N–H and O–H groups in total. The molecule has 2 rings (SSSR count). The summed E-state index contributed by atoms with van der Waals surface area (Å²) >= 11 is 13.9. The average molecular weight is 312 g/mol. The van der Waals surface area contributed by atoms with Crippen LogP contribution in [0, 0.1) is 0 Å². The van der Waals surface area contributed by atoms with Crippen LogP contribution in [-0.4, -0.2) is 6.26 Å². The number of benzene rings is 2. The van der Waals surface area contributed by atoms with Crippen molar-refractivity contribution in [3.05, 3.63) is 63.6 Å². The summed E-state index contributed by atoms with van der Waals surface area (Å²) in [6.45, 7) is 0. The first-order valence-corrected chi connectivity index (χ1v) is 7.92. The number of nitrogens with two attached hydrogens (primary N) is 1. The second kappa shape index (κ2) is 6.67. The van der Waals surface area contributed by atoms with Gasteiger partial charge in [-0.3, -0.25) is 0 Å². The van der Waals surface area contributed by atoms with Gasteiger partial charge < -0.3 is 5.73 Å². The standard InChI is InChI=1S/C15H15Cl2NS/c1-19-12-7-5-10(6-8-12)14(18)9-11-3-2-4-13(16)15(11)17/h2-8,14H,9,18H2,1H3. The molecule has 1 nitrogen and oxygen atoms in total. The van der Waals surface area contributed by atoms with E-state index < -0.39 is 0 Å². The molecule has 0 saturated carbocycles. The Labute approximate surface area is 128 Å². The molecule has 0 aromatic heterocycles. The largest absolute Gasteiger partial charge is 0.324 e. The number of hydrogen-bond donors (Lipinski definition) is 1. The van der Waals surface area contributed by atoms with Crippen LogP contribution in [0.25, 0.3) is 0 Å². The van der Waals surface area contributed by atoms with Crippen molar-refractivity contribution in [2.45, 2.75) is 17.4 Å². The topological polar surface area (TPSA) is 26.0 Å². The van der Waals surface area contributed by atoms with Crippen LogP contribution in [0.5, 0.6) is 0 Å². The molecule has 0 aliphatic rings. The Morgan fingerprint density at radius 1 is 1.11 bits per heavy atom. The highest BCUT2D eigenvalue weighted by atomic mass is 35.5. The van der Waals surface area contributed by atoms with Gasteiger partial charge in [-0.25, -0.2) is 0 Å². The Morgan fingerprint density at radius 2 is 1.79 bits per heavy atom. The summed E-state index contributed by atoms with van der Waals surface area (Å²) in [7, 11) is 0. The van der Waals surface area contributed by atoms with Gasteiger partial charge in [0.2, 0.25) is 0 Å². The van der Waals surface area contributed by atoms with Crippen molar-refractivity contribution in [1.82, 2.24) is 0 Å². The minimum absolute atomic E-state index is 0.0770. The van der Waals surface area contributed by atoms with Crippen LogP contribution in [0.3, 0.4) is 0 Å². The Hall–Kier alpha value is -0.670. The van der Waals surface area contributed by atoms with Crippen LogP contribution in [0.1, 0.15) is 17.2 Å². The molecule has 2 aromatic rings. The van der Waals surface area contributed by atoms with Gasteiger partial charge in [-0.15, -0.1) is 11.8 Å². The molecule has 2 aromatic carbocycles. The van der Waals surface area contributed by atoms with E-state index >= 15 is 0 Å². The molecule has 0 heterocycles. The molecule has 0 saturated heterocycles. The number of hydrogen-bond acceptors (Lipinski definition) is 2. The third kappa shape index (κ3) is 3.67. The van der Waals surface area contributed by atoms with E-state index in [2.05, 4.69) is 30.5 Å². The molecule has 0 aliphatic carbocycles. The lowest BCUT2D eigenvalue weighted by Crippen LogP contribution is -2.13. The number of thioether (sulfide) groups is 1. The van der Waals surface area contributed by atoms with E-state index in [9.17, 15) is 0 Å². The van der Waals surface area contributed by atoms with Crippen molar-refractivity contribution in [2.24, 2.45) is 5.73 Å². The van der Waals surface area contributed by atoms with Gasteiger partial charge in [0.05, 0.1) is 10.0 Å². The van der Waals surface area contributed by atoms with Gasteiger partial charge in [0.25, 0.3) is 0 Å². The van der Waals surface area contributed by atoms with Crippen LogP contribution < -0.4 is 5.73 Å². The summed E-state index contributed by atoms with van der Waals surface area (Å²) in [6, 6.07) is 13.9. The molecular formula is C15H15Cl2NS. The Kier molecular flexibility index (Phi) is 5.17. The van der Waals surface area contributed by atoms with E-state index in [1.54, 1.807) is 17.8 Å². The van der Waals surface area contributed by atoms with Crippen LogP contribution in [0.15, 0.2) is 47.4 Å². The van der Waals surface area contributed by atoms with E-state index in [1.165, 1.54) is 4.90 Å². The van der Waals surface area contributed by atoms with Crippen molar-refractivity contribution < 1.29 is 0 Å². The molecule has 0 amide bonds. The first-order valence-electron chi connectivity index (χ1n) is 5.94. The van der Waals surface area contributed by atoms with Crippen LogP contribution in [0.4, 0.5) is 0 Å². The lowest BCUT2D eigenvalue weighted by Gasteiger charge is -2.14. The summed E-state index contributed by atoms with van der Waals surface area (Å²) in [5.41, 5.74) is 8.32. The molecule has 0 radical (unpaired) electrons. The highest BCUT2D eigenvalue weighted by Gasteiger charge is 2.11. The molecule has 0 fully saturated rings. The molecule has 1 atom stereocenters. The summed E-state index contributed by atoms with van der Waals surface area (Å²) in [4.78, 5) is 1.23. The average Bonchev–Trinajstić information content (AvgIpc) is 2.44. The van der Waals surface area contributed by atoms with E-state index in [0.29, 0.717) is 16.5 Å². The summed E-state index contributed by atoms with van der Waals surface area (Å²) in [5.74, 6) is 0. The summed E-state index contributed by atoms with van der Waals surface area (Å²) < 4.78 is 0. The number of halogens is 2. The maximum absolute atomic E-state index is 6.23. The van der Waals surface area contributed by atoms with Gasteiger partial charge in [0.15, 0.2) is 0 Å². The fourth-order valence-corrected chi connectivity index (χ4v) is 2.72. The van der Waals surface area contributed by atoms with Crippen LogP contribution in [0.2, 0.25) is 10.0 Å². The zero-order chi connectivity index (χ0) is 13.8. The first kappa shape index (κ1) is 14.7. The van der Waals surface area contributed by atoms with Crippen molar-refractivity contribution in [3.8, 4) is 0 Å². The molecule has 4 heteroatoms. The highest BCUT2D eigenvalue weighted by molar-refractivity contribution is 7.98. The summed E-state index contributed by atoms with van der Waals surface area (Å²) in [6.07, 6.45) is 2.73. The van der Waals surface area contributed by atoms with Crippen molar-refractivity contribution >= 4 is 35.0 Å². The zero-order valence-corrected chi connectivity index (χ0v) is 12.9. The van der Waals surface area contributed by atoms with Gasteiger partial charge in [-0.1, -0.05) is 47.5 Å². The maximum atomic E-state index is 6.23. The maximum Gasteiger partial charge on any atom is 0.0624 e. The second-order valence-electron chi connectivity index (χ2n) is 4.30. The van der Waals surface area contributed by atoms with Crippen LogP contribution in [-0.2, 0) is 6.42 Å².